The maximum absolute atomic E-state index is 11.7. The van der Waals surface area contributed by atoms with Crippen molar-refractivity contribution in [2.45, 2.75) is 57.5 Å². The van der Waals surface area contributed by atoms with Gasteiger partial charge in [-0.2, -0.15) is 13.2 Å². The molecule has 0 heterocycles. The Morgan fingerprint density at radius 1 is 1.07 bits per heavy atom. The van der Waals surface area contributed by atoms with Crippen molar-refractivity contribution in [2.75, 3.05) is 0 Å². The third-order valence-electron chi connectivity index (χ3n) is 2.92. The molecule has 1 aliphatic carbocycles. The van der Waals surface area contributed by atoms with Gasteiger partial charge in [0.25, 0.3) is 0 Å². The Labute approximate surface area is 83.9 Å². The molecule has 0 N–H and O–H groups in total. The van der Waals surface area contributed by atoms with E-state index in [0.717, 1.165) is 18.8 Å². The molecule has 0 bridgehead atoms. The highest BCUT2D eigenvalue weighted by atomic mass is 19.4. The zero-order valence-corrected chi connectivity index (χ0v) is 8.45. The van der Waals surface area contributed by atoms with Crippen LogP contribution in [-0.4, -0.2) is 6.18 Å². The first-order valence-corrected chi connectivity index (χ1v) is 5.49. The number of alkyl halides is 3. The van der Waals surface area contributed by atoms with E-state index < -0.39 is 6.18 Å². The van der Waals surface area contributed by atoms with Crippen LogP contribution in [0.15, 0.2) is 0 Å². The molecule has 1 saturated carbocycles. The Kier molecular flexibility index (Phi) is 4.76. The van der Waals surface area contributed by atoms with Gasteiger partial charge in [-0.1, -0.05) is 44.9 Å². The number of unbranched alkanes of at least 4 members (excludes halogenated alkanes) is 3. The molecule has 0 nitrogen and oxygen atoms in total. The lowest BCUT2D eigenvalue weighted by atomic mass is 9.81. The van der Waals surface area contributed by atoms with E-state index in [9.17, 15) is 13.2 Å². The van der Waals surface area contributed by atoms with Crippen molar-refractivity contribution in [2.24, 2.45) is 5.92 Å². The molecule has 0 aromatic heterocycles. The number of rotatable bonds is 6. The summed E-state index contributed by atoms with van der Waals surface area (Å²) in [7, 11) is 0. The third-order valence-corrected chi connectivity index (χ3v) is 2.92. The average Bonchev–Trinajstić information content (AvgIpc) is 1.97. The zero-order chi connectivity index (χ0) is 10.4. The first kappa shape index (κ1) is 11.9. The lowest BCUT2D eigenvalue weighted by Gasteiger charge is -2.24. The molecule has 0 saturated heterocycles. The largest absolute Gasteiger partial charge is 0.392 e. The Morgan fingerprint density at radius 2 is 1.79 bits per heavy atom. The van der Waals surface area contributed by atoms with Crippen LogP contribution in [-0.2, 0) is 0 Å². The molecule has 14 heavy (non-hydrogen) atoms. The highest BCUT2D eigenvalue weighted by Crippen LogP contribution is 2.31. The van der Waals surface area contributed by atoms with Gasteiger partial charge < -0.3 is 0 Å². The van der Waals surface area contributed by atoms with Gasteiger partial charge in [0.05, 0.1) is 6.42 Å². The summed E-state index contributed by atoms with van der Waals surface area (Å²) in [6.45, 7) is 0. The van der Waals surface area contributed by atoms with Crippen molar-refractivity contribution in [1.82, 2.24) is 0 Å². The minimum Gasteiger partial charge on any atom is -0.171 e. The molecular weight excluding hydrogens is 189 g/mol. The lowest BCUT2D eigenvalue weighted by Crippen LogP contribution is -2.10. The minimum absolute atomic E-state index is 0.189. The lowest BCUT2D eigenvalue weighted by molar-refractivity contribution is -0.0984. The van der Waals surface area contributed by atoms with Gasteiger partial charge in [-0.3, -0.25) is 0 Å². The van der Waals surface area contributed by atoms with E-state index in [0.29, 0.717) is 12.8 Å². The average molecular weight is 207 g/mol. The summed E-state index contributed by atoms with van der Waals surface area (Å²) in [5.74, 6) is 0.890. The van der Waals surface area contributed by atoms with Crippen molar-refractivity contribution in [1.29, 1.82) is 0 Å². The molecule has 0 aromatic carbocycles. The number of hydrogen-bond donors (Lipinski definition) is 0. The Bertz CT molecular complexity index is 147. The normalized spacial score (nSPS) is 18.2. The summed E-state index contributed by atoms with van der Waals surface area (Å²) in [4.78, 5) is 0. The topological polar surface area (TPSA) is 0 Å². The molecule has 1 rings (SSSR count). The smallest absolute Gasteiger partial charge is 0.171 e. The van der Waals surface area contributed by atoms with Crippen molar-refractivity contribution >= 4 is 0 Å². The summed E-state index contributed by atoms with van der Waals surface area (Å²) in [5, 5.41) is 0. The maximum Gasteiger partial charge on any atom is 0.392 e. The van der Waals surface area contributed by atoms with Crippen LogP contribution in [0.25, 0.3) is 0 Å². The summed E-state index contributed by atoms with van der Waals surface area (Å²) in [6.07, 6.45) is 4.59. The molecular formula is C11H18F3. The van der Waals surface area contributed by atoms with Crippen molar-refractivity contribution in [3.05, 3.63) is 6.42 Å². The van der Waals surface area contributed by atoms with E-state index in [1.54, 1.807) is 0 Å². The summed E-state index contributed by atoms with van der Waals surface area (Å²) >= 11 is 0. The van der Waals surface area contributed by atoms with Gasteiger partial charge in [-0.25, -0.2) is 0 Å². The molecule has 0 spiro atoms. The Hall–Kier alpha value is -0.210. The summed E-state index contributed by atoms with van der Waals surface area (Å²) in [5.41, 5.74) is 0. The molecule has 0 aliphatic heterocycles. The highest BCUT2D eigenvalue weighted by molar-refractivity contribution is 4.74. The minimum atomic E-state index is -4.08. The fraction of sp³-hybridized carbons (Fsp3) is 0.909. The van der Waals surface area contributed by atoms with Gasteiger partial charge in [-0.05, 0) is 12.3 Å². The first-order valence-electron chi connectivity index (χ1n) is 5.49. The van der Waals surface area contributed by atoms with E-state index in [-0.39, 0.29) is 6.42 Å². The van der Waals surface area contributed by atoms with Gasteiger partial charge >= 0.3 is 6.18 Å². The van der Waals surface area contributed by atoms with Crippen LogP contribution in [0.4, 0.5) is 13.2 Å². The molecule has 0 atom stereocenters. The van der Waals surface area contributed by atoms with Crippen LogP contribution in [0.3, 0.4) is 0 Å². The van der Waals surface area contributed by atoms with E-state index in [1.165, 1.54) is 25.7 Å². The second kappa shape index (κ2) is 5.62. The molecule has 0 aromatic rings. The zero-order valence-electron chi connectivity index (χ0n) is 8.45. The monoisotopic (exact) mass is 207 g/mol. The molecule has 0 amide bonds. The van der Waals surface area contributed by atoms with Gasteiger partial charge in [0.2, 0.25) is 0 Å². The Morgan fingerprint density at radius 3 is 2.29 bits per heavy atom. The van der Waals surface area contributed by atoms with Crippen LogP contribution >= 0.6 is 0 Å². The van der Waals surface area contributed by atoms with Gasteiger partial charge in [0.15, 0.2) is 0 Å². The molecule has 1 aliphatic rings. The van der Waals surface area contributed by atoms with Crippen molar-refractivity contribution in [3.8, 4) is 0 Å². The summed E-state index contributed by atoms with van der Waals surface area (Å²) < 4.78 is 35.1. The number of hydrogen-bond acceptors (Lipinski definition) is 0. The van der Waals surface area contributed by atoms with Gasteiger partial charge in [0, 0.05) is 0 Å². The predicted octanol–water partition coefficient (Wildman–Crippen LogP) is 4.50. The second-order valence-corrected chi connectivity index (χ2v) is 4.18. The fourth-order valence-corrected chi connectivity index (χ4v) is 1.80. The third kappa shape index (κ3) is 5.51. The first-order chi connectivity index (χ1) is 6.58. The van der Waals surface area contributed by atoms with Crippen LogP contribution in [0.2, 0.25) is 0 Å². The quantitative estimate of drug-likeness (QED) is 0.562. The van der Waals surface area contributed by atoms with Crippen molar-refractivity contribution in [3.63, 3.8) is 0 Å². The molecule has 1 radical (unpaired) electrons. The molecule has 3 heteroatoms. The summed E-state index contributed by atoms with van der Waals surface area (Å²) in [6, 6.07) is 0. The van der Waals surface area contributed by atoms with Gasteiger partial charge in [0.1, 0.15) is 0 Å². The molecule has 0 unspecified atom stereocenters. The van der Waals surface area contributed by atoms with E-state index in [1.807, 2.05) is 0 Å². The van der Waals surface area contributed by atoms with E-state index in [2.05, 4.69) is 0 Å². The molecule has 83 valence electrons. The van der Waals surface area contributed by atoms with Crippen LogP contribution < -0.4 is 0 Å². The van der Waals surface area contributed by atoms with Gasteiger partial charge in [-0.15, -0.1) is 0 Å². The SMILES string of the molecule is FC(F)(F)[CH]CCCCCC1CCC1. The van der Waals surface area contributed by atoms with Crippen molar-refractivity contribution < 1.29 is 13.2 Å². The fourth-order valence-electron chi connectivity index (χ4n) is 1.80. The van der Waals surface area contributed by atoms with E-state index in [4.69, 9.17) is 0 Å². The van der Waals surface area contributed by atoms with Crippen LogP contribution in [0, 0.1) is 12.3 Å². The molecule has 1 fully saturated rings. The Balaban J connectivity index is 1.80. The van der Waals surface area contributed by atoms with Crippen LogP contribution in [0.5, 0.6) is 0 Å². The maximum atomic E-state index is 11.7. The predicted molar refractivity (Wildman–Crippen MR) is 50.8 cm³/mol. The highest BCUT2D eigenvalue weighted by Gasteiger charge is 2.26. The number of halogens is 3. The second-order valence-electron chi connectivity index (χ2n) is 4.18. The van der Waals surface area contributed by atoms with E-state index >= 15 is 0 Å². The standard InChI is InChI=1S/C11H18F3/c12-11(13,14)9-4-2-1-3-6-10-7-5-8-10/h9-10H,1-8H2. The van der Waals surface area contributed by atoms with Crippen LogP contribution in [0.1, 0.15) is 51.4 Å².